The number of benzene rings is 2. The second-order valence-corrected chi connectivity index (χ2v) is 6.35. The van der Waals surface area contributed by atoms with E-state index in [2.05, 4.69) is 4.72 Å². The minimum absolute atomic E-state index is 0.0158. The molecule has 0 atom stereocenters. The summed E-state index contributed by atoms with van der Waals surface area (Å²) < 4.78 is 27.0. The fourth-order valence-corrected chi connectivity index (χ4v) is 3.27. The summed E-state index contributed by atoms with van der Waals surface area (Å²) in [5, 5.41) is 27.6. The Balaban J connectivity index is 2.44. The highest BCUT2D eigenvalue weighted by Crippen LogP contribution is 2.25. The molecule has 2 aromatic rings. The van der Waals surface area contributed by atoms with Crippen molar-refractivity contribution in [2.75, 3.05) is 4.72 Å². The van der Waals surface area contributed by atoms with Gasteiger partial charge in [0.05, 0.1) is 11.3 Å². The summed E-state index contributed by atoms with van der Waals surface area (Å²) >= 11 is 0. The highest BCUT2D eigenvalue weighted by atomic mass is 32.2. The van der Waals surface area contributed by atoms with Gasteiger partial charge >= 0.3 is 5.97 Å². The molecule has 0 saturated carbocycles. The number of rotatable bonds is 4. The van der Waals surface area contributed by atoms with E-state index in [-0.39, 0.29) is 21.7 Å². The van der Waals surface area contributed by atoms with Crippen LogP contribution in [0.4, 0.5) is 5.69 Å². The maximum atomic E-state index is 12.4. The lowest BCUT2D eigenvalue weighted by molar-refractivity contribution is 0.0694. The van der Waals surface area contributed by atoms with Crippen LogP contribution >= 0.6 is 0 Å². The average Bonchev–Trinajstić information content (AvgIpc) is 2.46. The maximum absolute atomic E-state index is 12.4. The van der Waals surface area contributed by atoms with E-state index in [0.717, 1.165) is 12.1 Å². The average molecular weight is 332 g/mol. The number of aryl methyl sites for hydroxylation is 1. The molecule has 0 aromatic heterocycles. The second-order valence-electron chi connectivity index (χ2n) is 4.70. The van der Waals surface area contributed by atoms with E-state index < -0.39 is 21.7 Å². The van der Waals surface area contributed by atoms with Crippen molar-refractivity contribution in [3.05, 3.63) is 53.1 Å². The molecule has 0 saturated heterocycles. The van der Waals surface area contributed by atoms with Gasteiger partial charge in [-0.15, -0.1) is 0 Å². The zero-order chi connectivity index (χ0) is 17.2. The van der Waals surface area contributed by atoms with E-state index >= 15 is 0 Å². The lowest BCUT2D eigenvalue weighted by Gasteiger charge is -2.11. The van der Waals surface area contributed by atoms with Gasteiger partial charge < -0.3 is 10.2 Å². The van der Waals surface area contributed by atoms with Gasteiger partial charge in [0.25, 0.3) is 10.0 Å². The van der Waals surface area contributed by atoms with Crippen molar-refractivity contribution in [3.63, 3.8) is 0 Å². The van der Waals surface area contributed by atoms with Crippen LogP contribution in [0.15, 0.2) is 41.3 Å². The second kappa shape index (κ2) is 5.98. The number of phenols is 1. The molecule has 118 valence electrons. The van der Waals surface area contributed by atoms with E-state index in [4.69, 9.17) is 10.4 Å². The van der Waals surface area contributed by atoms with Crippen LogP contribution in [0.5, 0.6) is 5.75 Å². The largest absolute Gasteiger partial charge is 0.507 e. The van der Waals surface area contributed by atoms with Crippen molar-refractivity contribution < 1.29 is 23.4 Å². The Morgan fingerprint density at radius 1 is 1.26 bits per heavy atom. The minimum atomic E-state index is -4.06. The van der Waals surface area contributed by atoms with Crippen LogP contribution in [0.25, 0.3) is 0 Å². The predicted molar refractivity (Wildman–Crippen MR) is 81.8 cm³/mol. The van der Waals surface area contributed by atoms with E-state index in [0.29, 0.717) is 5.56 Å². The fourth-order valence-electron chi connectivity index (χ4n) is 1.99. The number of hydrogen-bond donors (Lipinski definition) is 3. The first kappa shape index (κ1) is 16.3. The smallest absolute Gasteiger partial charge is 0.339 e. The van der Waals surface area contributed by atoms with E-state index in [1.807, 2.05) is 6.07 Å². The summed E-state index contributed by atoms with van der Waals surface area (Å²) in [5.41, 5.74) is 0.171. The van der Waals surface area contributed by atoms with Crippen molar-refractivity contribution in [1.29, 1.82) is 5.26 Å². The quantitative estimate of drug-likeness (QED) is 0.786. The van der Waals surface area contributed by atoms with Crippen molar-refractivity contribution in [3.8, 4) is 11.8 Å². The molecule has 0 aliphatic heterocycles. The third kappa shape index (κ3) is 3.25. The molecule has 0 aliphatic carbocycles. The standard InChI is InChI=1S/C15H12N2O5S/c1-9-3-2-4-14(12(9)8-16)23(21,22)17-10-5-6-11(15(19)20)13(18)7-10/h2-7,17-18H,1H3,(H,19,20). The fraction of sp³-hybridized carbons (Fsp3) is 0.0667. The van der Waals surface area contributed by atoms with Gasteiger partial charge in [-0.3, -0.25) is 4.72 Å². The van der Waals surface area contributed by atoms with E-state index in [1.165, 1.54) is 18.2 Å². The van der Waals surface area contributed by atoms with Crippen LogP contribution in [0.3, 0.4) is 0 Å². The summed E-state index contributed by atoms with van der Waals surface area (Å²) in [5.74, 6) is -1.90. The zero-order valence-corrected chi connectivity index (χ0v) is 12.8. The van der Waals surface area contributed by atoms with Gasteiger partial charge in [-0.1, -0.05) is 12.1 Å². The number of sulfonamides is 1. The van der Waals surface area contributed by atoms with Crippen molar-refractivity contribution in [2.24, 2.45) is 0 Å². The molecule has 8 heteroatoms. The molecular weight excluding hydrogens is 320 g/mol. The molecule has 2 rings (SSSR count). The van der Waals surface area contributed by atoms with Gasteiger partial charge in [0.2, 0.25) is 0 Å². The SMILES string of the molecule is Cc1cccc(S(=O)(=O)Nc2ccc(C(=O)O)c(O)c2)c1C#N. The normalized spacial score (nSPS) is 10.8. The van der Waals surface area contributed by atoms with E-state index in [9.17, 15) is 18.3 Å². The first-order valence-electron chi connectivity index (χ1n) is 6.35. The van der Waals surface area contributed by atoms with Gasteiger partial charge in [0, 0.05) is 6.07 Å². The van der Waals surface area contributed by atoms with Crippen LogP contribution in [0.1, 0.15) is 21.5 Å². The molecule has 3 N–H and O–H groups in total. The van der Waals surface area contributed by atoms with Crippen LogP contribution in [0, 0.1) is 18.3 Å². The Kier molecular flexibility index (Phi) is 4.24. The van der Waals surface area contributed by atoms with Gasteiger partial charge in [-0.25, -0.2) is 13.2 Å². The third-order valence-electron chi connectivity index (χ3n) is 3.12. The Morgan fingerprint density at radius 3 is 2.52 bits per heavy atom. The molecule has 0 radical (unpaired) electrons. The van der Waals surface area contributed by atoms with Crippen molar-refractivity contribution in [2.45, 2.75) is 11.8 Å². The number of nitrogens with zero attached hydrogens (tertiary/aromatic N) is 1. The number of anilines is 1. The molecule has 0 bridgehead atoms. The van der Waals surface area contributed by atoms with Crippen molar-refractivity contribution >= 4 is 21.7 Å². The molecule has 2 aromatic carbocycles. The molecule has 7 nitrogen and oxygen atoms in total. The summed E-state index contributed by atoms with van der Waals surface area (Å²) in [6, 6.07) is 9.54. The highest BCUT2D eigenvalue weighted by Gasteiger charge is 2.20. The number of carboxylic acids is 1. The van der Waals surface area contributed by atoms with Gasteiger partial charge in [-0.2, -0.15) is 5.26 Å². The number of aromatic hydroxyl groups is 1. The zero-order valence-electron chi connectivity index (χ0n) is 11.9. The van der Waals surface area contributed by atoms with Crippen LogP contribution in [0.2, 0.25) is 0 Å². The van der Waals surface area contributed by atoms with Gasteiger partial charge in [0.15, 0.2) is 0 Å². The summed E-state index contributed by atoms with van der Waals surface area (Å²) in [6.45, 7) is 1.62. The Bertz CT molecular complexity index is 929. The number of carbonyl (C=O) groups is 1. The molecule has 0 heterocycles. The number of aromatic carboxylic acids is 1. The number of nitriles is 1. The third-order valence-corrected chi connectivity index (χ3v) is 4.54. The van der Waals surface area contributed by atoms with Gasteiger partial charge in [-0.05, 0) is 30.7 Å². The van der Waals surface area contributed by atoms with Crippen LogP contribution in [-0.4, -0.2) is 24.6 Å². The molecule has 23 heavy (non-hydrogen) atoms. The Morgan fingerprint density at radius 2 is 1.96 bits per heavy atom. The van der Waals surface area contributed by atoms with Crippen LogP contribution in [-0.2, 0) is 10.0 Å². The first-order valence-corrected chi connectivity index (χ1v) is 7.83. The molecule has 0 amide bonds. The minimum Gasteiger partial charge on any atom is -0.507 e. The maximum Gasteiger partial charge on any atom is 0.339 e. The number of hydrogen-bond acceptors (Lipinski definition) is 5. The van der Waals surface area contributed by atoms with Crippen LogP contribution < -0.4 is 4.72 Å². The predicted octanol–water partition coefficient (Wildman–Crippen LogP) is 2.07. The lowest BCUT2D eigenvalue weighted by atomic mass is 10.1. The number of carboxylic acid groups (broad SMARTS) is 1. The first-order chi connectivity index (χ1) is 10.8. The molecular formula is C15H12N2O5S. The summed E-state index contributed by atoms with van der Waals surface area (Å²) in [4.78, 5) is 10.6. The summed E-state index contributed by atoms with van der Waals surface area (Å²) in [6.07, 6.45) is 0. The Labute approximate surface area is 132 Å². The molecule has 0 fully saturated rings. The van der Waals surface area contributed by atoms with E-state index in [1.54, 1.807) is 13.0 Å². The topological polar surface area (TPSA) is 127 Å². The Hall–Kier alpha value is -3.05. The monoisotopic (exact) mass is 332 g/mol. The lowest BCUT2D eigenvalue weighted by Crippen LogP contribution is -2.15. The van der Waals surface area contributed by atoms with Gasteiger partial charge in [0.1, 0.15) is 22.3 Å². The molecule has 0 aliphatic rings. The number of nitrogens with one attached hydrogen (secondary N) is 1. The molecule has 0 spiro atoms. The molecule has 0 unspecified atom stereocenters. The van der Waals surface area contributed by atoms with Crippen molar-refractivity contribution in [1.82, 2.24) is 0 Å². The highest BCUT2D eigenvalue weighted by molar-refractivity contribution is 7.92. The summed E-state index contributed by atoms with van der Waals surface area (Å²) in [7, 11) is -4.06.